The van der Waals surface area contributed by atoms with E-state index in [1.807, 2.05) is 78.7 Å². The molecule has 1 fully saturated rings. The Morgan fingerprint density at radius 1 is 1.09 bits per heavy atom. The Bertz CT molecular complexity index is 1090. The van der Waals surface area contributed by atoms with Gasteiger partial charge in [-0.25, -0.2) is 4.98 Å². The van der Waals surface area contributed by atoms with Gasteiger partial charge in [0.25, 0.3) is 5.91 Å². The van der Waals surface area contributed by atoms with E-state index < -0.39 is 0 Å². The molecule has 178 valence electrons. The van der Waals surface area contributed by atoms with Crippen LogP contribution in [0.3, 0.4) is 0 Å². The van der Waals surface area contributed by atoms with Crippen molar-refractivity contribution >= 4 is 23.2 Å². The maximum atomic E-state index is 13.0. The van der Waals surface area contributed by atoms with Gasteiger partial charge in [0.2, 0.25) is 5.91 Å². The van der Waals surface area contributed by atoms with Gasteiger partial charge in [-0.1, -0.05) is 30.3 Å². The molecule has 1 N–H and O–H groups in total. The van der Waals surface area contributed by atoms with Crippen LogP contribution in [0, 0.1) is 0 Å². The fraction of sp³-hybridized carbons (Fsp3) is 0.370. The van der Waals surface area contributed by atoms with Gasteiger partial charge in [0.1, 0.15) is 16.5 Å². The van der Waals surface area contributed by atoms with Crippen LogP contribution in [0.15, 0.2) is 60.0 Å². The Morgan fingerprint density at radius 2 is 1.79 bits per heavy atom. The van der Waals surface area contributed by atoms with Crippen LogP contribution in [0.5, 0.6) is 5.75 Å². The molecule has 0 radical (unpaired) electrons. The van der Waals surface area contributed by atoms with Gasteiger partial charge in [-0.05, 0) is 62.9 Å². The summed E-state index contributed by atoms with van der Waals surface area (Å²) in [5.74, 6) is 0.848. The number of carbonyl (C=O) groups excluding carboxylic acids is 2. The fourth-order valence-electron chi connectivity index (χ4n) is 4.04. The van der Waals surface area contributed by atoms with Gasteiger partial charge in [-0.3, -0.25) is 9.59 Å². The third-order valence-corrected chi connectivity index (χ3v) is 6.72. The lowest BCUT2D eigenvalue weighted by molar-refractivity contribution is -0.122. The average molecular weight is 478 g/mol. The lowest BCUT2D eigenvalue weighted by Gasteiger charge is -2.32. The number of hydrogen-bond donors (Lipinski definition) is 1. The molecule has 1 aromatic heterocycles. The summed E-state index contributed by atoms with van der Waals surface area (Å²) >= 11 is 1.47. The SMILES string of the molecule is CC(C)Oc1ccc(-c2nc(C(=O)N3CCC(NC(=O)CCc4ccccc4)CC3)cs2)cc1. The van der Waals surface area contributed by atoms with Crippen LogP contribution in [0.1, 0.15) is 49.2 Å². The third kappa shape index (κ3) is 6.44. The third-order valence-electron chi connectivity index (χ3n) is 5.83. The molecule has 0 bridgehead atoms. The number of ether oxygens (including phenoxy) is 1. The summed E-state index contributed by atoms with van der Waals surface area (Å²) in [5, 5.41) is 5.78. The fourth-order valence-corrected chi connectivity index (χ4v) is 4.84. The summed E-state index contributed by atoms with van der Waals surface area (Å²) in [4.78, 5) is 31.7. The molecule has 2 aromatic carbocycles. The molecule has 0 saturated carbocycles. The molecule has 4 rings (SSSR count). The number of aryl methyl sites for hydroxylation is 1. The van der Waals surface area contributed by atoms with Gasteiger partial charge in [-0.2, -0.15) is 0 Å². The Labute approximate surface area is 205 Å². The summed E-state index contributed by atoms with van der Waals surface area (Å²) < 4.78 is 5.69. The van der Waals surface area contributed by atoms with Crippen molar-refractivity contribution in [1.29, 1.82) is 0 Å². The van der Waals surface area contributed by atoms with E-state index in [0.29, 0.717) is 25.2 Å². The second-order valence-corrected chi connectivity index (χ2v) is 9.71. The molecular formula is C27H31N3O3S. The number of likely N-dealkylation sites (tertiary alicyclic amines) is 1. The van der Waals surface area contributed by atoms with Crippen LogP contribution in [-0.4, -0.2) is 46.9 Å². The van der Waals surface area contributed by atoms with Gasteiger partial charge in [0.15, 0.2) is 0 Å². The molecule has 3 aromatic rings. The number of rotatable bonds is 8. The zero-order valence-electron chi connectivity index (χ0n) is 19.7. The molecule has 7 heteroatoms. The molecule has 0 unspecified atom stereocenters. The van der Waals surface area contributed by atoms with Gasteiger partial charge in [0.05, 0.1) is 6.10 Å². The number of piperidine rings is 1. The molecule has 1 saturated heterocycles. The highest BCUT2D eigenvalue weighted by molar-refractivity contribution is 7.13. The maximum Gasteiger partial charge on any atom is 0.273 e. The van der Waals surface area contributed by atoms with Crippen LogP contribution in [0.2, 0.25) is 0 Å². The van der Waals surface area contributed by atoms with Crippen LogP contribution in [-0.2, 0) is 11.2 Å². The first-order chi connectivity index (χ1) is 16.5. The van der Waals surface area contributed by atoms with Crippen molar-refractivity contribution in [2.45, 2.75) is 51.7 Å². The van der Waals surface area contributed by atoms with E-state index in [0.717, 1.165) is 35.6 Å². The molecule has 2 amide bonds. The van der Waals surface area contributed by atoms with Gasteiger partial charge in [0, 0.05) is 36.5 Å². The number of amides is 2. The van der Waals surface area contributed by atoms with Gasteiger partial charge < -0.3 is 15.0 Å². The Kier molecular flexibility index (Phi) is 7.95. The van der Waals surface area contributed by atoms with Crippen LogP contribution >= 0.6 is 11.3 Å². The van der Waals surface area contributed by atoms with Crippen LogP contribution < -0.4 is 10.1 Å². The Morgan fingerprint density at radius 3 is 2.47 bits per heavy atom. The van der Waals surface area contributed by atoms with E-state index in [4.69, 9.17) is 4.74 Å². The lowest BCUT2D eigenvalue weighted by atomic mass is 10.0. The summed E-state index contributed by atoms with van der Waals surface area (Å²) in [5.41, 5.74) is 2.62. The second kappa shape index (κ2) is 11.3. The summed E-state index contributed by atoms with van der Waals surface area (Å²) in [6.45, 7) is 5.23. The maximum absolute atomic E-state index is 13.0. The van der Waals surface area contributed by atoms with E-state index in [1.165, 1.54) is 16.9 Å². The van der Waals surface area contributed by atoms with Crippen molar-refractivity contribution in [1.82, 2.24) is 15.2 Å². The normalized spacial score (nSPS) is 14.3. The minimum atomic E-state index is -0.0453. The highest BCUT2D eigenvalue weighted by Crippen LogP contribution is 2.27. The number of hydrogen-bond acceptors (Lipinski definition) is 5. The number of carbonyl (C=O) groups is 2. The number of thiazole rings is 1. The number of aromatic nitrogens is 1. The van der Waals surface area contributed by atoms with Crippen molar-refractivity contribution in [3.05, 3.63) is 71.2 Å². The average Bonchev–Trinajstić information content (AvgIpc) is 3.34. The molecule has 1 aliphatic rings. The predicted molar refractivity (Wildman–Crippen MR) is 135 cm³/mol. The molecule has 34 heavy (non-hydrogen) atoms. The van der Waals surface area contributed by atoms with Crippen LogP contribution in [0.25, 0.3) is 10.6 Å². The first-order valence-electron chi connectivity index (χ1n) is 11.8. The number of nitrogens with one attached hydrogen (secondary N) is 1. The molecule has 6 nitrogen and oxygen atoms in total. The van der Waals surface area contributed by atoms with E-state index in [2.05, 4.69) is 10.3 Å². The summed E-state index contributed by atoms with van der Waals surface area (Å²) in [6, 6.07) is 17.9. The van der Waals surface area contributed by atoms with Crippen molar-refractivity contribution in [3.8, 4) is 16.3 Å². The van der Waals surface area contributed by atoms with Crippen molar-refractivity contribution in [2.24, 2.45) is 0 Å². The smallest absolute Gasteiger partial charge is 0.273 e. The molecule has 0 aliphatic carbocycles. The van der Waals surface area contributed by atoms with Gasteiger partial charge >= 0.3 is 0 Å². The van der Waals surface area contributed by atoms with E-state index >= 15 is 0 Å². The molecule has 1 aliphatic heterocycles. The Balaban J connectivity index is 1.25. The minimum Gasteiger partial charge on any atom is -0.491 e. The van der Waals surface area contributed by atoms with E-state index in [-0.39, 0.29) is 24.0 Å². The summed E-state index contributed by atoms with van der Waals surface area (Å²) in [6.07, 6.45) is 2.87. The molecular weight excluding hydrogens is 446 g/mol. The second-order valence-electron chi connectivity index (χ2n) is 8.85. The zero-order chi connectivity index (χ0) is 23.9. The van der Waals surface area contributed by atoms with Crippen molar-refractivity contribution in [2.75, 3.05) is 13.1 Å². The largest absolute Gasteiger partial charge is 0.491 e. The quantitative estimate of drug-likeness (QED) is 0.498. The van der Waals surface area contributed by atoms with Crippen molar-refractivity contribution in [3.63, 3.8) is 0 Å². The highest BCUT2D eigenvalue weighted by atomic mass is 32.1. The highest BCUT2D eigenvalue weighted by Gasteiger charge is 2.26. The lowest BCUT2D eigenvalue weighted by Crippen LogP contribution is -2.46. The van der Waals surface area contributed by atoms with Gasteiger partial charge in [-0.15, -0.1) is 11.3 Å². The molecule has 2 heterocycles. The minimum absolute atomic E-state index is 0.0453. The number of benzene rings is 2. The first kappa shape index (κ1) is 24.0. The molecule has 0 spiro atoms. The monoisotopic (exact) mass is 477 g/mol. The topological polar surface area (TPSA) is 71.5 Å². The predicted octanol–water partition coefficient (Wildman–Crippen LogP) is 4.95. The molecule has 0 atom stereocenters. The Hall–Kier alpha value is -3.19. The standard InChI is InChI=1S/C27H31N3O3S/c1-19(2)33-23-11-9-21(10-12-23)26-29-24(18-34-26)27(32)30-16-14-22(15-17-30)28-25(31)13-8-20-6-4-3-5-7-20/h3-7,9-12,18-19,22H,8,13-17H2,1-2H3,(H,28,31). The van der Waals surface area contributed by atoms with E-state index in [1.54, 1.807) is 0 Å². The number of nitrogens with zero attached hydrogens (tertiary/aromatic N) is 2. The summed E-state index contributed by atoms with van der Waals surface area (Å²) in [7, 11) is 0. The zero-order valence-corrected chi connectivity index (χ0v) is 20.5. The van der Waals surface area contributed by atoms with Crippen LogP contribution in [0.4, 0.5) is 0 Å². The first-order valence-corrected chi connectivity index (χ1v) is 12.7. The van der Waals surface area contributed by atoms with Crippen molar-refractivity contribution < 1.29 is 14.3 Å². The van der Waals surface area contributed by atoms with E-state index in [9.17, 15) is 9.59 Å².